The lowest BCUT2D eigenvalue weighted by molar-refractivity contribution is -0.0770. The minimum absolute atomic E-state index is 0.239. The quantitative estimate of drug-likeness (QED) is 0.820. The predicted octanol–water partition coefficient (Wildman–Crippen LogP) is 2.58. The van der Waals surface area contributed by atoms with E-state index in [9.17, 15) is 0 Å². The molecule has 1 aliphatic heterocycles. The molecule has 98 valence electrons. The normalized spacial score (nSPS) is 25.6. The largest absolute Gasteiger partial charge is 0.367 e. The second kappa shape index (κ2) is 5.49. The molecule has 2 rings (SSSR count). The summed E-state index contributed by atoms with van der Waals surface area (Å²) in [7, 11) is 0. The summed E-state index contributed by atoms with van der Waals surface area (Å²) in [6.45, 7) is 4.77. The Hall–Kier alpha value is -1.41. The summed E-state index contributed by atoms with van der Waals surface area (Å²) in [6.07, 6.45) is 4.31. The minimum Gasteiger partial charge on any atom is -0.367 e. The van der Waals surface area contributed by atoms with E-state index in [0.29, 0.717) is 24.6 Å². The first-order valence-electron chi connectivity index (χ1n) is 6.48. The molecule has 1 aromatic heterocycles. The Kier molecular flexibility index (Phi) is 3.97. The van der Waals surface area contributed by atoms with Crippen molar-refractivity contribution in [1.82, 2.24) is 10.1 Å². The van der Waals surface area contributed by atoms with E-state index in [-0.39, 0.29) is 5.92 Å². The van der Waals surface area contributed by atoms with E-state index >= 15 is 0 Å². The molecule has 18 heavy (non-hydrogen) atoms. The molecule has 0 radical (unpaired) electrons. The first kappa shape index (κ1) is 13.0. The highest BCUT2D eigenvalue weighted by Crippen LogP contribution is 2.32. The van der Waals surface area contributed by atoms with E-state index in [1.54, 1.807) is 0 Å². The number of rotatable bonds is 4. The Labute approximate surface area is 107 Å². The van der Waals surface area contributed by atoms with Gasteiger partial charge in [-0.2, -0.15) is 10.2 Å². The first-order chi connectivity index (χ1) is 8.64. The van der Waals surface area contributed by atoms with Gasteiger partial charge in [0, 0.05) is 19.4 Å². The molecule has 0 saturated carbocycles. The molecule has 2 heterocycles. The molecule has 0 aliphatic carbocycles. The molecule has 1 aliphatic rings. The number of hydrogen-bond donors (Lipinski definition) is 0. The Bertz CT molecular complexity index is 430. The van der Waals surface area contributed by atoms with Crippen molar-refractivity contribution in [2.75, 3.05) is 6.61 Å². The van der Waals surface area contributed by atoms with Crippen molar-refractivity contribution in [1.29, 1.82) is 5.26 Å². The van der Waals surface area contributed by atoms with Crippen LogP contribution in [0.2, 0.25) is 0 Å². The van der Waals surface area contributed by atoms with Gasteiger partial charge in [0.15, 0.2) is 0 Å². The maximum atomic E-state index is 8.63. The van der Waals surface area contributed by atoms with E-state index < -0.39 is 5.60 Å². The lowest BCUT2D eigenvalue weighted by Crippen LogP contribution is -2.31. The van der Waals surface area contributed by atoms with Crippen LogP contribution in [0.25, 0.3) is 0 Å². The van der Waals surface area contributed by atoms with E-state index in [4.69, 9.17) is 14.5 Å². The van der Waals surface area contributed by atoms with Gasteiger partial charge in [0.2, 0.25) is 11.7 Å². The fourth-order valence-electron chi connectivity index (χ4n) is 2.19. The van der Waals surface area contributed by atoms with Gasteiger partial charge >= 0.3 is 0 Å². The molecule has 1 fully saturated rings. The second-order valence-electron chi connectivity index (χ2n) is 5.22. The highest BCUT2D eigenvalue weighted by Gasteiger charge is 2.34. The van der Waals surface area contributed by atoms with Gasteiger partial charge in [-0.25, -0.2) is 0 Å². The van der Waals surface area contributed by atoms with Crippen LogP contribution in [0, 0.1) is 17.2 Å². The van der Waals surface area contributed by atoms with Crippen molar-refractivity contribution < 1.29 is 9.26 Å². The summed E-state index contributed by atoms with van der Waals surface area (Å²) in [4.78, 5) is 4.42. The SMILES string of the molecule is CC(CC#N)Cc1nc(C2(C)CCCCO2)no1. The summed E-state index contributed by atoms with van der Waals surface area (Å²) in [5.74, 6) is 1.48. The smallest absolute Gasteiger partial charge is 0.227 e. The summed E-state index contributed by atoms with van der Waals surface area (Å²) < 4.78 is 11.0. The zero-order chi connectivity index (χ0) is 13.0. The van der Waals surface area contributed by atoms with Gasteiger partial charge < -0.3 is 9.26 Å². The van der Waals surface area contributed by atoms with Gasteiger partial charge in [0.05, 0.1) is 6.07 Å². The van der Waals surface area contributed by atoms with Crippen molar-refractivity contribution in [3.8, 4) is 6.07 Å². The monoisotopic (exact) mass is 249 g/mol. The standard InChI is InChI=1S/C13H19N3O2/c1-10(5-7-14)9-11-15-12(16-18-11)13(2)6-3-4-8-17-13/h10H,3-6,8-9H2,1-2H3. The fourth-order valence-corrected chi connectivity index (χ4v) is 2.19. The topological polar surface area (TPSA) is 71.9 Å². The fraction of sp³-hybridized carbons (Fsp3) is 0.769. The van der Waals surface area contributed by atoms with Crippen LogP contribution in [0.15, 0.2) is 4.52 Å². The van der Waals surface area contributed by atoms with Crippen molar-refractivity contribution in [2.45, 2.75) is 51.6 Å². The summed E-state index contributed by atoms with van der Waals surface area (Å²) in [5.41, 5.74) is -0.404. The van der Waals surface area contributed by atoms with E-state index in [1.165, 1.54) is 0 Å². The van der Waals surface area contributed by atoms with Crippen molar-refractivity contribution in [2.24, 2.45) is 5.92 Å². The Morgan fingerprint density at radius 3 is 3.00 bits per heavy atom. The molecular weight excluding hydrogens is 230 g/mol. The average molecular weight is 249 g/mol. The maximum Gasteiger partial charge on any atom is 0.227 e. The lowest BCUT2D eigenvalue weighted by atomic mass is 9.95. The molecule has 5 nitrogen and oxygen atoms in total. The molecule has 2 unspecified atom stereocenters. The van der Waals surface area contributed by atoms with Gasteiger partial charge in [-0.1, -0.05) is 12.1 Å². The van der Waals surface area contributed by atoms with Crippen LogP contribution in [0.3, 0.4) is 0 Å². The van der Waals surface area contributed by atoms with Crippen molar-refractivity contribution >= 4 is 0 Å². The van der Waals surface area contributed by atoms with Gasteiger partial charge in [-0.3, -0.25) is 0 Å². The summed E-state index contributed by atoms with van der Waals surface area (Å²) in [5, 5.41) is 12.7. The summed E-state index contributed by atoms with van der Waals surface area (Å²) in [6, 6.07) is 2.15. The number of hydrogen-bond acceptors (Lipinski definition) is 5. The highest BCUT2D eigenvalue weighted by atomic mass is 16.5. The zero-order valence-electron chi connectivity index (χ0n) is 11.0. The molecule has 1 aromatic rings. The van der Waals surface area contributed by atoms with E-state index in [2.05, 4.69) is 16.2 Å². The van der Waals surface area contributed by atoms with Crippen LogP contribution in [-0.4, -0.2) is 16.7 Å². The lowest BCUT2D eigenvalue weighted by Gasteiger charge is -2.30. The molecule has 0 bridgehead atoms. The third-order valence-electron chi connectivity index (χ3n) is 3.37. The van der Waals surface area contributed by atoms with Crippen LogP contribution in [0.4, 0.5) is 0 Å². The Balaban J connectivity index is 2.03. The van der Waals surface area contributed by atoms with Gasteiger partial charge in [0.1, 0.15) is 5.60 Å². The van der Waals surface area contributed by atoms with Crippen molar-refractivity contribution in [3.05, 3.63) is 11.7 Å². The second-order valence-corrected chi connectivity index (χ2v) is 5.22. The third-order valence-corrected chi connectivity index (χ3v) is 3.37. The molecule has 0 spiro atoms. The van der Waals surface area contributed by atoms with E-state index in [0.717, 1.165) is 25.9 Å². The third kappa shape index (κ3) is 2.88. The molecule has 5 heteroatoms. The van der Waals surface area contributed by atoms with Crippen LogP contribution >= 0.6 is 0 Å². The average Bonchev–Trinajstić information content (AvgIpc) is 2.79. The Morgan fingerprint density at radius 1 is 1.50 bits per heavy atom. The number of nitriles is 1. The van der Waals surface area contributed by atoms with E-state index in [1.807, 2.05) is 13.8 Å². The minimum atomic E-state index is -0.404. The molecule has 2 atom stereocenters. The number of nitrogens with zero attached hydrogens (tertiary/aromatic N) is 3. The first-order valence-corrected chi connectivity index (χ1v) is 6.48. The molecule has 0 aromatic carbocycles. The van der Waals surface area contributed by atoms with Crippen LogP contribution in [-0.2, 0) is 16.8 Å². The van der Waals surface area contributed by atoms with Gasteiger partial charge in [0.25, 0.3) is 0 Å². The molecule has 1 saturated heterocycles. The zero-order valence-corrected chi connectivity index (χ0v) is 11.0. The number of ether oxygens (including phenoxy) is 1. The van der Waals surface area contributed by atoms with Gasteiger partial charge in [-0.05, 0) is 32.1 Å². The highest BCUT2D eigenvalue weighted by molar-refractivity contribution is 5.01. The predicted molar refractivity (Wildman–Crippen MR) is 64.6 cm³/mol. The number of aromatic nitrogens is 2. The molecule has 0 N–H and O–H groups in total. The Morgan fingerprint density at radius 2 is 2.33 bits per heavy atom. The maximum absolute atomic E-state index is 8.63. The summed E-state index contributed by atoms with van der Waals surface area (Å²) >= 11 is 0. The van der Waals surface area contributed by atoms with Crippen LogP contribution in [0.5, 0.6) is 0 Å². The van der Waals surface area contributed by atoms with Crippen LogP contribution in [0.1, 0.15) is 51.2 Å². The van der Waals surface area contributed by atoms with Gasteiger partial charge in [-0.15, -0.1) is 0 Å². The van der Waals surface area contributed by atoms with Crippen molar-refractivity contribution in [3.63, 3.8) is 0 Å². The van der Waals surface area contributed by atoms with Crippen LogP contribution < -0.4 is 0 Å². The molecular formula is C13H19N3O2. The molecule has 0 amide bonds.